The standard InChI is InChI=1S/C15H24N4O/c20-15(13-9-17-18-10-13)16-8-12-6-7-19(11-12)14-4-2-1-3-5-14/h9-10,12,14H,1-8,11H2,(H,16,20)(H,17,18)/t12-/m1/s1. The van der Waals surface area contributed by atoms with Crippen molar-refractivity contribution >= 4 is 5.91 Å². The van der Waals surface area contributed by atoms with Gasteiger partial charge in [0.05, 0.1) is 11.8 Å². The number of carbonyl (C=O) groups excluding carboxylic acids is 1. The van der Waals surface area contributed by atoms with E-state index in [2.05, 4.69) is 20.4 Å². The molecule has 1 aromatic heterocycles. The summed E-state index contributed by atoms with van der Waals surface area (Å²) in [6.07, 6.45) is 11.3. The van der Waals surface area contributed by atoms with Crippen molar-refractivity contribution in [1.29, 1.82) is 0 Å². The quantitative estimate of drug-likeness (QED) is 0.881. The summed E-state index contributed by atoms with van der Waals surface area (Å²) < 4.78 is 0. The fraction of sp³-hybridized carbons (Fsp3) is 0.733. The molecule has 2 N–H and O–H groups in total. The molecule has 0 radical (unpaired) electrons. The molecule has 1 aromatic rings. The largest absolute Gasteiger partial charge is 0.352 e. The molecule has 2 fully saturated rings. The molecule has 2 heterocycles. The normalized spacial score (nSPS) is 24.9. The van der Waals surface area contributed by atoms with Gasteiger partial charge in [-0.05, 0) is 31.7 Å². The van der Waals surface area contributed by atoms with Crippen LogP contribution in [0.2, 0.25) is 0 Å². The first-order valence-corrected chi connectivity index (χ1v) is 7.84. The van der Waals surface area contributed by atoms with Gasteiger partial charge in [-0.3, -0.25) is 9.89 Å². The van der Waals surface area contributed by atoms with Crippen molar-refractivity contribution in [2.24, 2.45) is 5.92 Å². The van der Waals surface area contributed by atoms with Crippen LogP contribution in [0.15, 0.2) is 12.4 Å². The first-order valence-electron chi connectivity index (χ1n) is 7.84. The molecule has 5 heteroatoms. The number of aromatic amines is 1. The van der Waals surface area contributed by atoms with Gasteiger partial charge in [-0.15, -0.1) is 0 Å². The number of nitrogens with one attached hydrogen (secondary N) is 2. The third kappa shape index (κ3) is 3.20. The zero-order chi connectivity index (χ0) is 13.8. The Balaban J connectivity index is 1.42. The van der Waals surface area contributed by atoms with Gasteiger partial charge in [0, 0.05) is 25.3 Å². The Bertz CT molecular complexity index is 425. The molecule has 0 unspecified atom stereocenters. The van der Waals surface area contributed by atoms with Crippen LogP contribution in [0.4, 0.5) is 0 Å². The highest BCUT2D eigenvalue weighted by Crippen LogP contribution is 2.27. The zero-order valence-corrected chi connectivity index (χ0v) is 12.0. The average Bonchev–Trinajstić information content (AvgIpc) is 3.17. The van der Waals surface area contributed by atoms with E-state index in [-0.39, 0.29) is 5.91 Å². The molecule has 5 nitrogen and oxygen atoms in total. The van der Waals surface area contributed by atoms with Gasteiger partial charge >= 0.3 is 0 Å². The van der Waals surface area contributed by atoms with Crippen LogP contribution in [0.5, 0.6) is 0 Å². The lowest BCUT2D eigenvalue weighted by Gasteiger charge is -2.31. The molecule has 1 aliphatic carbocycles. The Labute approximate surface area is 120 Å². The van der Waals surface area contributed by atoms with Crippen LogP contribution in [-0.4, -0.2) is 46.7 Å². The van der Waals surface area contributed by atoms with Crippen LogP contribution >= 0.6 is 0 Å². The van der Waals surface area contributed by atoms with Crippen molar-refractivity contribution < 1.29 is 4.79 Å². The molecule has 0 aromatic carbocycles. The van der Waals surface area contributed by atoms with Gasteiger partial charge in [0.2, 0.25) is 0 Å². The van der Waals surface area contributed by atoms with E-state index in [1.807, 2.05) is 0 Å². The predicted octanol–water partition coefficient (Wildman–Crippen LogP) is 1.79. The SMILES string of the molecule is O=C(NC[C@H]1CCN(C2CCCCC2)C1)c1cn[nH]c1. The minimum Gasteiger partial charge on any atom is -0.352 e. The topological polar surface area (TPSA) is 61.0 Å². The number of hydrogen-bond donors (Lipinski definition) is 2. The first kappa shape index (κ1) is 13.6. The lowest BCUT2D eigenvalue weighted by atomic mass is 9.94. The summed E-state index contributed by atoms with van der Waals surface area (Å²) in [4.78, 5) is 14.5. The fourth-order valence-electron chi connectivity index (χ4n) is 3.52. The predicted molar refractivity (Wildman–Crippen MR) is 77.5 cm³/mol. The van der Waals surface area contributed by atoms with Crippen LogP contribution in [0, 0.1) is 5.92 Å². The number of amides is 1. The zero-order valence-electron chi connectivity index (χ0n) is 12.0. The minimum atomic E-state index is -0.0186. The molecule has 3 rings (SSSR count). The lowest BCUT2D eigenvalue weighted by Crippen LogP contribution is -2.36. The second-order valence-corrected chi connectivity index (χ2v) is 6.14. The molecule has 1 atom stereocenters. The maximum atomic E-state index is 11.9. The summed E-state index contributed by atoms with van der Waals surface area (Å²) in [6.45, 7) is 3.14. The number of nitrogens with zero attached hydrogens (tertiary/aromatic N) is 2. The maximum Gasteiger partial charge on any atom is 0.254 e. The second-order valence-electron chi connectivity index (χ2n) is 6.14. The Morgan fingerprint density at radius 3 is 2.95 bits per heavy atom. The summed E-state index contributed by atoms with van der Waals surface area (Å²) in [5.74, 6) is 0.586. The number of carbonyl (C=O) groups is 1. The highest BCUT2D eigenvalue weighted by atomic mass is 16.1. The minimum absolute atomic E-state index is 0.0186. The van der Waals surface area contributed by atoms with Crippen LogP contribution < -0.4 is 5.32 Å². The van der Waals surface area contributed by atoms with Crippen LogP contribution in [-0.2, 0) is 0 Å². The smallest absolute Gasteiger partial charge is 0.254 e. The molecule has 1 saturated carbocycles. The van der Waals surface area contributed by atoms with Gasteiger partial charge < -0.3 is 10.2 Å². The van der Waals surface area contributed by atoms with Gasteiger partial charge in [-0.25, -0.2) is 0 Å². The van der Waals surface area contributed by atoms with Crippen molar-refractivity contribution in [3.8, 4) is 0 Å². The van der Waals surface area contributed by atoms with Gasteiger partial charge in [0.15, 0.2) is 0 Å². The third-order valence-corrected chi connectivity index (χ3v) is 4.72. The molecule has 1 amide bonds. The summed E-state index contributed by atoms with van der Waals surface area (Å²) >= 11 is 0. The number of hydrogen-bond acceptors (Lipinski definition) is 3. The Morgan fingerprint density at radius 2 is 2.20 bits per heavy atom. The summed E-state index contributed by atoms with van der Waals surface area (Å²) in [5, 5.41) is 9.50. The maximum absolute atomic E-state index is 11.9. The Morgan fingerprint density at radius 1 is 1.35 bits per heavy atom. The fourth-order valence-corrected chi connectivity index (χ4v) is 3.52. The van der Waals surface area contributed by atoms with Crippen molar-refractivity contribution in [2.45, 2.75) is 44.6 Å². The molecule has 20 heavy (non-hydrogen) atoms. The van der Waals surface area contributed by atoms with E-state index in [9.17, 15) is 4.79 Å². The highest BCUT2D eigenvalue weighted by Gasteiger charge is 2.29. The van der Waals surface area contributed by atoms with E-state index in [1.165, 1.54) is 45.1 Å². The molecule has 110 valence electrons. The molecule has 1 aliphatic heterocycles. The summed E-state index contributed by atoms with van der Waals surface area (Å²) in [7, 11) is 0. The third-order valence-electron chi connectivity index (χ3n) is 4.72. The Hall–Kier alpha value is -1.36. The second kappa shape index (κ2) is 6.39. The summed E-state index contributed by atoms with van der Waals surface area (Å²) in [6, 6.07) is 0.804. The number of rotatable bonds is 4. The number of likely N-dealkylation sites (tertiary alicyclic amines) is 1. The van der Waals surface area contributed by atoms with Crippen LogP contribution in [0.1, 0.15) is 48.9 Å². The van der Waals surface area contributed by atoms with Crippen molar-refractivity contribution in [1.82, 2.24) is 20.4 Å². The van der Waals surface area contributed by atoms with Crippen LogP contribution in [0.3, 0.4) is 0 Å². The number of H-pyrrole nitrogens is 1. The van der Waals surface area contributed by atoms with Gasteiger partial charge in [0.1, 0.15) is 0 Å². The first-order chi connectivity index (χ1) is 9.83. The van der Waals surface area contributed by atoms with Crippen molar-refractivity contribution in [3.63, 3.8) is 0 Å². The monoisotopic (exact) mass is 276 g/mol. The van der Waals surface area contributed by atoms with E-state index in [4.69, 9.17) is 0 Å². The van der Waals surface area contributed by atoms with E-state index < -0.39 is 0 Å². The van der Waals surface area contributed by atoms with Crippen molar-refractivity contribution in [2.75, 3.05) is 19.6 Å². The van der Waals surface area contributed by atoms with Gasteiger partial charge in [-0.1, -0.05) is 19.3 Å². The lowest BCUT2D eigenvalue weighted by molar-refractivity contribution is 0.0946. The Kier molecular flexibility index (Phi) is 4.35. The van der Waals surface area contributed by atoms with E-state index in [1.54, 1.807) is 12.4 Å². The summed E-state index contributed by atoms with van der Waals surface area (Å²) in [5.41, 5.74) is 0.618. The highest BCUT2D eigenvalue weighted by molar-refractivity contribution is 5.93. The van der Waals surface area contributed by atoms with E-state index in [0.29, 0.717) is 11.5 Å². The number of aromatic nitrogens is 2. The average molecular weight is 276 g/mol. The van der Waals surface area contributed by atoms with Crippen LogP contribution in [0.25, 0.3) is 0 Å². The van der Waals surface area contributed by atoms with Gasteiger partial charge in [-0.2, -0.15) is 5.10 Å². The van der Waals surface area contributed by atoms with Gasteiger partial charge in [0.25, 0.3) is 5.91 Å². The van der Waals surface area contributed by atoms with E-state index in [0.717, 1.165) is 19.1 Å². The molecule has 0 bridgehead atoms. The molecular weight excluding hydrogens is 252 g/mol. The van der Waals surface area contributed by atoms with Crippen molar-refractivity contribution in [3.05, 3.63) is 18.0 Å². The molecular formula is C15H24N4O. The molecule has 0 spiro atoms. The molecule has 2 aliphatic rings. The van der Waals surface area contributed by atoms with E-state index >= 15 is 0 Å². The molecule has 1 saturated heterocycles.